The predicted molar refractivity (Wildman–Crippen MR) is 320 cm³/mol. The van der Waals surface area contributed by atoms with E-state index in [9.17, 15) is 39.6 Å². The highest BCUT2D eigenvalue weighted by Gasteiger charge is 2.64. The molecule has 28 heteroatoms. The Labute approximate surface area is 514 Å². The van der Waals surface area contributed by atoms with Crippen LogP contribution >= 0.6 is 0 Å². The number of hydrogen-bond donors (Lipinski definition) is 9. The number of benzene rings is 2. The van der Waals surface area contributed by atoms with E-state index in [1.54, 1.807) is 48.5 Å². The van der Waals surface area contributed by atoms with Crippen molar-refractivity contribution in [3.05, 3.63) is 47.5 Å². The lowest BCUT2D eigenvalue weighted by Gasteiger charge is -2.53. The molecule has 88 heavy (non-hydrogen) atoms. The van der Waals surface area contributed by atoms with Crippen LogP contribution in [-0.2, 0) is 47.8 Å². The van der Waals surface area contributed by atoms with Gasteiger partial charge in [0.1, 0.15) is 54.8 Å². The fraction of sp³-hybridized carbons (Fsp3) is 0.700. The van der Waals surface area contributed by atoms with E-state index in [1.807, 2.05) is 30.7 Å². The van der Waals surface area contributed by atoms with Crippen LogP contribution in [0.2, 0.25) is 0 Å². The number of hydroxylamine groups is 2. The zero-order valence-electron chi connectivity index (χ0n) is 51.4. The van der Waals surface area contributed by atoms with Gasteiger partial charge in [-0.2, -0.15) is 11.0 Å². The predicted octanol–water partition coefficient (Wildman–Crippen LogP) is -0.568. The Hall–Kier alpha value is -5.38. The number of amides is 1. The number of aliphatic hydroxyl groups is 4. The summed E-state index contributed by atoms with van der Waals surface area (Å²) in [6, 6.07) is 9.32. The maximum absolute atomic E-state index is 13.8. The number of aliphatic imine (C=N–C) groups is 2. The van der Waals surface area contributed by atoms with Crippen molar-refractivity contribution in [2.24, 2.45) is 45.1 Å². The highest BCUT2D eigenvalue weighted by molar-refractivity contribution is 5.91. The van der Waals surface area contributed by atoms with Gasteiger partial charge in [-0.1, -0.05) is 19.1 Å². The number of esters is 3. The summed E-state index contributed by atoms with van der Waals surface area (Å²) in [6.45, 7) is 9.23. The minimum atomic E-state index is -1.49. The lowest BCUT2D eigenvalue weighted by atomic mass is 9.51. The van der Waals surface area contributed by atoms with Crippen LogP contribution in [0.5, 0.6) is 23.0 Å². The SMILES string of the molecule is COCC1/C=N/CCN(CCO)CCNOCN(C)CONCCN(CCO)CCNC(=O)COc2ccc3c(c2)OC(=O)C2C3C3C(=O)Oc4cc(ccc4C23)OCC(=O)OC2C(COC(/C=N/C(CCCC(C)N)CC(C)N)O1)CC(C)C(O)C2O. The summed E-state index contributed by atoms with van der Waals surface area (Å²) in [6.07, 6.45) is 0.676. The van der Waals surface area contributed by atoms with Crippen molar-refractivity contribution in [3.63, 3.8) is 0 Å². The fourth-order valence-corrected chi connectivity index (χ4v) is 11.8. The number of aliphatic hydroxyl groups excluding tert-OH is 4. The Morgan fingerprint density at radius 1 is 0.795 bits per heavy atom. The molecule has 10 bridgehead atoms. The van der Waals surface area contributed by atoms with Crippen molar-refractivity contribution in [2.45, 2.75) is 114 Å². The van der Waals surface area contributed by atoms with E-state index in [0.717, 1.165) is 19.3 Å². The molecule has 11 N–H and O–H groups in total. The molecule has 2 aromatic rings. The lowest BCUT2D eigenvalue weighted by molar-refractivity contribution is -0.194. The van der Waals surface area contributed by atoms with Gasteiger partial charge in [-0.25, -0.2) is 4.79 Å². The molecule has 2 saturated carbocycles. The molecule has 28 nitrogen and oxygen atoms in total. The van der Waals surface area contributed by atoms with Gasteiger partial charge in [-0.15, -0.1) is 0 Å². The number of methoxy groups -OCH3 is 1. The van der Waals surface area contributed by atoms with Crippen molar-refractivity contribution in [3.8, 4) is 23.0 Å². The molecule has 14 unspecified atom stereocenters. The standard InChI is InChI=1S/C60H94N10O18/c1-37-25-40-31-82-51(30-65-41(26-39(3)62)8-6-7-38(2)61)85-44(32-79-5)29-63-13-17-69(21-23-71)19-15-66-83-35-68(4)36-84-67-16-20-70(22-24-72)18-14-64-49(73)33-80-42-9-11-45-47(27-42)86-59(77)54-52(45)55-53(54)46-12-10-43(28-48(46)87-60(55)78)81-34-50(74)88-58(40)57(76)56(37)75/h9-12,27-30,37-41,44,51-58,66-67,71-72,75-76H,6-8,13-26,31-36,61-62H2,1-5H3,(H,64,73)/b63-29+,65-30+. The highest BCUT2D eigenvalue weighted by Crippen LogP contribution is 2.64. The first-order chi connectivity index (χ1) is 42.5. The van der Waals surface area contributed by atoms with Crippen LogP contribution in [0, 0.1) is 23.7 Å². The first-order valence-corrected chi connectivity index (χ1v) is 30.6. The Kier molecular flexibility index (Phi) is 28.6. The molecule has 492 valence electrons. The summed E-state index contributed by atoms with van der Waals surface area (Å²) in [5, 5.41) is 44.9. The van der Waals surface area contributed by atoms with Gasteiger partial charge in [-0.3, -0.25) is 48.7 Å². The molecule has 14 atom stereocenters. The van der Waals surface area contributed by atoms with Gasteiger partial charge in [0.25, 0.3) is 5.91 Å². The molecule has 0 saturated heterocycles. The topological polar surface area (TPSA) is 364 Å². The van der Waals surface area contributed by atoms with Crippen molar-refractivity contribution in [1.82, 2.24) is 31.0 Å². The molecule has 2 aromatic carbocycles. The maximum Gasteiger partial charge on any atom is 0.344 e. The Morgan fingerprint density at radius 3 is 1.99 bits per heavy atom. The summed E-state index contributed by atoms with van der Waals surface area (Å²) in [5.41, 5.74) is 19.4. The average Bonchev–Trinajstić information content (AvgIpc) is 0.734. The number of fused-ring (bicyclic) bond motifs is 2. The molecule has 8 aliphatic rings. The Bertz CT molecular complexity index is 2560. The first kappa shape index (κ1) is 70.1. The van der Waals surface area contributed by atoms with Crippen molar-refractivity contribution in [2.75, 3.05) is 133 Å². The van der Waals surface area contributed by atoms with Gasteiger partial charge in [0, 0.05) is 125 Å². The van der Waals surface area contributed by atoms with E-state index in [0.29, 0.717) is 82.9 Å². The normalized spacial score (nSPS) is 30.1. The molecular formula is C60H94N10O18. The second-order valence-electron chi connectivity index (χ2n) is 23.5. The van der Waals surface area contributed by atoms with Gasteiger partial charge in [0.05, 0.1) is 63.2 Å². The lowest BCUT2D eigenvalue weighted by Crippen LogP contribution is -2.56. The van der Waals surface area contributed by atoms with Crippen molar-refractivity contribution in [1.29, 1.82) is 0 Å². The summed E-state index contributed by atoms with van der Waals surface area (Å²) in [4.78, 5) is 80.7. The van der Waals surface area contributed by atoms with Crippen molar-refractivity contribution < 1.29 is 87.2 Å². The number of ether oxygens (including phenoxy) is 8. The van der Waals surface area contributed by atoms with Crippen molar-refractivity contribution >= 4 is 36.2 Å². The summed E-state index contributed by atoms with van der Waals surface area (Å²) in [7, 11) is 3.35. The zero-order chi connectivity index (χ0) is 63.1. The first-order valence-electron chi connectivity index (χ1n) is 30.6. The molecule has 10 rings (SSSR count). The third-order valence-corrected chi connectivity index (χ3v) is 16.2. The smallest absolute Gasteiger partial charge is 0.344 e. The number of carbonyl (C=O) groups excluding carboxylic acids is 4. The minimum absolute atomic E-state index is 0.0176. The van der Waals surface area contributed by atoms with E-state index in [1.165, 1.54) is 19.2 Å². The van der Waals surface area contributed by atoms with E-state index < -0.39 is 90.7 Å². The quantitative estimate of drug-likeness (QED) is 0.0650. The number of hydrogen-bond acceptors (Lipinski definition) is 27. The van der Waals surface area contributed by atoms with Crippen LogP contribution < -0.4 is 46.7 Å². The number of rotatable bonds is 14. The minimum Gasteiger partial charge on any atom is -0.484 e. The Morgan fingerprint density at radius 2 is 1.40 bits per heavy atom. The highest BCUT2D eigenvalue weighted by atomic mass is 16.7. The second-order valence-corrected chi connectivity index (χ2v) is 23.5. The molecular weight excluding hydrogens is 1150 g/mol. The molecule has 2 fully saturated rings. The van der Waals surface area contributed by atoms with E-state index in [-0.39, 0.29) is 100 Å². The van der Waals surface area contributed by atoms with Gasteiger partial charge in [-0.05, 0) is 71.0 Å². The molecule has 0 radical (unpaired) electrons. The molecule has 6 aliphatic heterocycles. The van der Waals surface area contributed by atoms with Gasteiger partial charge < -0.3 is 75.1 Å². The largest absolute Gasteiger partial charge is 0.484 e. The number of nitrogens with one attached hydrogen (secondary N) is 3. The van der Waals surface area contributed by atoms with Crippen LogP contribution in [0.25, 0.3) is 0 Å². The number of nitrogens with two attached hydrogens (primary N) is 2. The fourth-order valence-electron chi connectivity index (χ4n) is 11.8. The number of carbonyl (C=O) groups is 4. The third kappa shape index (κ3) is 20.8. The van der Waals surface area contributed by atoms with Gasteiger partial charge in [0.15, 0.2) is 19.5 Å². The van der Waals surface area contributed by atoms with Crippen LogP contribution in [0.3, 0.4) is 0 Å². The van der Waals surface area contributed by atoms with Gasteiger partial charge >= 0.3 is 17.9 Å². The van der Waals surface area contributed by atoms with Gasteiger partial charge in [0.2, 0.25) is 0 Å². The summed E-state index contributed by atoms with van der Waals surface area (Å²) >= 11 is 0. The molecule has 0 spiro atoms. The Balaban J connectivity index is 1.06. The summed E-state index contributed by atoms with van der Waals surface area (Å²) < 4.78 is 47.8. The summed E-state index contributed by atoms with van der Waals surface area (Å²) in [5.74, 6) is -5.08. The number of nitrogens with zero attached hydrogens (tertiary/aromatic N) is 5. The van der Waals surface area contributed by atoms with E-state index >= 15 is 0 Å². The van der Waals surface area contributed by atoms with Crippen LogP contribution in [0.4, 0.5) is 0 Å². The van der Waals surface area contributed by atoms with Crippen LogP contribution in [0.1, 0.15) is 75.8 Å². The van der Waals surface area contributed by atoms with Crippen LogP contribution in [-0.4, -0.2) is 253 Å². The zero-order valence-corrected chi connectivity index (χ0v) is 51.4. The molecule has 0 aromatic heterocycles. The maximum atomic E-state index is 13.8. The molecule has 1 amide bonds. The third-order valence-electron chi connectivity index (χ3n) is 16.2. The molecule has 6 heterocycles. The molecule has 2 aliphatic carbocycles. The van der Waals surface area contributed by atoms with Crippen LogP contribution in [0.15, 0.2) is 46.4 Å². The average molecular weight is 1240 g/mol. The second kappa shape index (κ2) is 35.9. The van der Waals surface area contributed by atoms with E-state index in [2.05, 4.69) is 21.3 Å². The monoisotopic (exact) mass is 1240 g/mol. The van der Waals surface area contributed by atoms with E-state index in [4.69, 9.17) is 64.0 Å².